The van der Waals surface area contributed by atoms with E-state index in [1.807, 2.05) is 18.2 Å². The van der Waals surface area contributed by atoms with Gasteiger partial charge in [-0.25, -0.2) is 0 Å². The first-order valence-corrected chi connectivity index (χ1v) is 6.54. The Hall–Kier alpha value is -1.84. The van der Waals surface area contributed by atoms with Gasteiger partial charge in [0.15, 0.2) is 5.82 Å². The Bertz CT molecular complexity index is 571. The van der Waals surface area contributed by atoms with Crippen LogP contribution in [0.25, 0.3) is 11.4 Å². The molecule has 18 heavy (non-hydrogen) atoms. The van der Waals surface area contributed by atoms with Crippen molar-refractivity contribution in [2.24, 2.45) is 0 Å². The lowest BCUT2D eigenvalue weighted by atomic mass is 10.1. The van der Waals surface area contributed by atoms with E-state index in [-0.39, 0.29) is 0 Å². The second kappa shape index (κ2) is 4.44. The van der Waals surface area contributed by atoms with Crippen molar-refractivity contribution >= 4 is 5.69 Å². The molecular formula is C14H18N4. The largest absolute Gasteiger partial charge is 0.399 e. The molecule has 0 fully saturated rings. The van der Waals surface area contributed by atoms with Crippen LogP contribution in [-0.2, 0) is 13.0 Å². The maximum absolute atomic E-state index is 5.88. The second-order valence-corrected chi connectivity index (χ2v) is 4.98. The van der Waals surface area contributed by atoms with E-state index in [0.29, 0.717) is 0 Å². The predicted octanol–water partition coefficient (Wildman–Crippen LogP) is 2.56. The van der Waals surface area contributed by atoms with Crippen LogP contribution in [0.4, 0.5) is 5.69 Å². The van der Waals surface area contributed by atoms with E-state index in [2.05, 4.69) is 21.7 Å². The molecule has 0 aliphatic carbocycles. The average molecular weight is 242 g/mol. The van der Waals surface area contributed by atoms with Crippen molar-refractivity contribution in [2.75, 3.05) is 5.73 Å². The molecule has 4 heteroatoms. The molecule has 2 heterocycles. The summed E-state index contributed by atoms with van der Waals surface area (Å²) in [6, 6.07) is 5.97. The number of fused-ring (bicyclic) bond motifs is 1. The molecule has 1 aliphatic heterocycles. The quantitative estimate of drug-likeness (QED) is 0.782. The number of anilines is 1. The fourth-order valence-electron chi connectivity index (χ4n) is 2.56. The van der Waals surface area contributed by atoms with Crippen LogP contribution in [0.3, 0.4) is 0 Å². The first kappa shape index (κ1) is 11.3. The molecule has 0 radical (unpaired) electrons. The first-order valence-electron chi connectivity index (χ1n) is 6.54. The normalized spacial score (nSPS) is 15.2. The number of nitrogens with zero attached hydrogens (tertiary/aromatic N) is 3. The van der Waals surface area contributed by atoms with Crippen molar-refractivity contribution in [3.8, 4) is 11.4 Å². The molecule has 1 aromatic heterocycles. The van der Waals surface area contributed by atoms with Gasteiger partial charge in [-0.1, -0.05) is 12.5 Å². The van der Waals surface area contributed by atoms with Gasteiger partial charge in [-0.15, -0.1) is 10.2 Å². The van der Waals surface area contributed by atoms with E-state index in [4.69, 9.17) is 5.73 Å². The third-order valence-electron chi connectivity index (χ3n) is 3.61. The van der Waals surface area contributed by atoms with Gasteiger partial charge in [0.2, 0.25) is 0 Å². The summed E-state index contributed by atoms with van der Waals surface area (Å²) >= 11 is 0. The molecule has 1 aromatic carbocycles. The van der Waals surface area contributed by atoms with E-state index in [1.54, 1.807) is 0 Å². The zero-order valence-corrected chi connectivity index (χ0v) is 10.7. The maximum atomic E-state index is 5.88. The number of nitrogens with two attached hydrogens (primary N) is 1. The molecule has 2 aromatic rings. The van der Waals surface area contributed by atoms with Crippen LogP contribution in [0, 0.1) is 6.92 Å². The summed E-state index contributed by atoms with van der Waals surface area (Å²) in [7, 11) is 0. The van der Waals surface area contributed by atoms with Crippen LogP contribution in [0.5, 0.6) is 0 Å². The number of rotatable bonds is 1. The molecule has 1 aliphatic rings. The zero-order valence-electron chi connectivity index (χ0n) is 10.7. The molecule has 2 N–H and O–H groups in total. The van der Waals surface area contributed by atoms with E-state index < -0.39 is 0 Å². The summed E-state index contributed by atoms with van der Waals surface area (Å²) in [6.45, 7) is 3.11. The summed E-state index contributed by atoms with van der Waals surface area (Å²) in [6.07, 6.45) is 4.74. The van der Waals surface area contributed by atoms with Crippen LogP contribution >= 0.6 is 0 Å². The summed E-state index contributed by atoms with van der Waals surface area (Å²) in [5, 5.41) is 8.71. The van der Waals surface area contributed by atoms with Crippen LogP contribution in [-0.4, -0.2) is 14.8 Å². The smallest absolute Gasteiger partial charge is 0.164 e. The minimum atomic E-state index is 0.779. The van der Waals surface area contributed by atoms with Crippen molar-refractivity contribution in [1.29, 1.82) is 0 Å². The molecule has 0 bridgehead atoms. The summed E-state index contributed by atoms with van der Waals surface area (Å²) < 4.78 is 2.26. The molecule has 4 nitrogen and oxygen atoms in total. The Kier molecular flexibility index (Phi) is 2.78. The zero-order chi connectivity index (χ0) is 12.5. The molecule has 0 saturated heterocycles. The maximum Gasteiger partial charge on any atom is 0.164 e. The van der Waals surface area contributed by atoms with Gasteiger partial charge in [-0.05, 0) is 37.5 Å². The lowest BCUT2D eigenvalue weighted by Crippen LogP contribution is -2.04. The Balaban J connectivity index is 2.12. The Morgan fingerprint density at radius 2 is 2.06 bits per heavy atom. The van der Waals surface area contributed by atoms with E-state index in [0.717, 1.165) is 35.9 Å². The van der Waals surface area contributed by atoms with Crippen molar-refractivity contribution in [3.63, 3.8) is 0 Å². The van der Waals surface area contributed by atoms with Gasteiger partial charge >= 0.3 is 0 Å². The highest BCUT2D eigenvalue weighted by Gasteiger charge is 2.17. The fourth-order valence-corrected chi connectivity index (χ4v) is 2.56. The third kappa shape index (κ3) is 1.88. The molecule has 0 unspecified atom stereocenters. The van der Waals surface area contributed by atoms with Crippen molar-refractivity contribution in [3.05, 3.63) is 29.6 Å². The molecular weight excluding hydrogens is 224 g/mol. The topological polar surface area (TPSA) is 56.7 Å². The molecule has 3 rings (SSSR count). The van der Waals surface area contributed by atoms with E-state index in [9.17, 15) is 0 Å². The number of aryl methyl sites for hydroxylation is 2. The van der Waals surface area contributed by atoms with E-state index >= 15 is 0 Å². The van der Waals surface area contributed by atoms with Crippen LogP contribution in [0.1, 0.15) is 30.7 Å². The number of aromatic nitrogens is 3. The molecule has 94 valence electrons. The SMILES string of the molecule is Cc1ccc(N)cc1-c1nnc2n1CCCCC2. The van der Waals surface area contributed by atoms with Gasteiger partial charge in [0.1, 0.15) is 5.82 Å². The van der Waals surface area contributed by atoms with Gasteiger partial charge in [-0.3, -0.25) is 0 Å². The van der Waals surface area contributed by atoms with Gasteiger partial charge in [-0.2, -0.15) is 0 Å². The summed E-state index contributed by atoms with van der Waals surface area (Å²) in [5.74, 6) is 2.08. The third-order valence-corrected chi connectivity index (χ3v) is 3.61. The number of benzene rings is 1. The van der Waals surface area contributed by atoms with Crippen molar-refractivity contribution in [1.82, 2.24) is 14.8 Å². The minimum absolute atomic E-state index is 0.779. The van der Waals surface area contributed by atoms with Crippen molar-refractivity contribution in [2.45, 2.75) is 39.2 Å². The van der Waals surface area contributed by atoms with Crippen LogP contribution < -0.4 is 5.73 Å². The van der Waals surface area contributed by atoms with Gasteiger partial charge in [0.05, 0.1) is 0 Å². The van der Waals surface area contributed by atoms with Gasteiger partial charge in [0, 0.05) is 24.2 Å². The number of hydrogen-bond donors (Lipinski definition) is 1. The highest BCUT2D eigenvalue weighted by atomic mass is 15.3. The number of nitrogen functional groups attached to an aromatic ring is 1. The van der Waals surface area contributed by atoms with E-state index in [1.165, 1.54) is 24.8 Å². The molecule has 0 amide bonds. The van der Waals surface area contributed by atoms with Gasteiger partial charge in [0.25, 0.3) is 0 Å². The standard InChI is InChI=1S/C14H18N4/c1-10-6-7-11(15)9-12(10)14-17-16-13-5-3-2-4-8-18(13)14/h6-7,9H,2-5,8,15H2,1H3. The first-order chi connectivity index (χ1) is 8.75. The lowest BCUT2D eigenvalue weighted by molar-refractivity contribution is 0.636. The monoisotopic (exact) mass is 242 g/mol. The highest BCUT2D eigenvalue weighted by Crippen LogP contribution is 2.26. The Labute approximate surface area is 107 Å². The lowest BCUT2D eigenvalue weighted by Gasteiger charge is -2.09. The Morgan fingerprint density at radius 3 is 2.94 bits per heavy atom. The van der Waals surface area contributed by atoms with Gasteiger partial charge < -0.3 is 10.3 Å². The summed E-state index contributed by atoms with van der Waals surface area (Å²) in [4.78, 5) is 0. The molecule has 0 atom stereocenters. The fraction of sp³-hybridized carbons (Fsp3) is 0.429. The Morgan fingerprint density at radius 1 is 1.17 bits per heavy atom. The second-order valence-electron chi connectivity index (χ2n) is 4.98. The summed E-state index contributed by atoms with van der Waals surface area (Å²) in [5.41, 5.74) is 8.97. The highest BCUT2D eigenvalue weighted by molar-refractivity contribution is 5.65. The van der Waals surface area contributed by atoms with Crippen LogP contribution in [0.15, 0.2) is 18.2 Å². The predicted molar refractivity (Wildman–Crippen MR) is 72.2 cm³/mol. The van der Waals surface area contributed by atoms with Crippen molar-refractivity contribution < 1.29 is 0 Å². The molecule has 0 spiro atoms. The van der Waals surface area contributed by atoms with Crippen LogP contribution in [0.2, 0.25) is 0 Å². The average Bonchev–Trinajstić information content (AvgIpc) is 2.61. The molecule has 0 saturated carbocycles. The number of hydrogen-bond acceptors (Lipinski definition) is 3. The minimum Gasteiger partial charge on any atom is -0.399 e.